The highest BCUT2D eigenvalue weighted by atomic mass is 32.1. The van der Waals surface area contributed by atoms with Gasteiger partial charge in [-0.25, -0.2) is 0 Å². The Labute approximate surface area is 343 Å². The predicted molar refractivity (Wildman–Crippen MR) is 250 cm³/mol. The zero-order valence-electron chi connectivity index (χ0n) is 31.2. The van der Waals surface area contributed by atoms with Gasteiger partial charge in [0.1, 0.15) is 11.2 Å². The third-order valence-corrected chi connectivity index (χ3v) is 13.8. The molecule has 12 aromatic rings. The number of para-hydroxylation sites is 1. The molecule has 2 nitrogen and oxygen atoms in total. The summed E-state index contributed by atoms with van der Waals surface area (Å²) in [6.45, 7) is 0. The molecule has 0 bridgehead atoms. The van der Waals surface area contributed by atoms with Gasteiger partial charge in [-0.3, -0.25) is 0 Å². The van der Waals surface area contributed by atoms with E-state index < -0.39 is 0 Å². The van der Waals surface area contributed by atoms with Crippen LogP contribution in [0.5, 0.6) is 0 Å². The van der Waals surface area contributed by atoms with Gasteiger partial charge in [0, 0.05) is 62.5 Å². The second-order valence-electron chi connectivity index (χ2n) is 14.8. The molecule has 0 atom stereocenters. The van der Waals surface area contributed by atoms with Crippen molar-refractivity contribution in [1.29, 1.82) is 0 Å². The minimum absolute atomic E-state index is 0.872. The summed E-state index contributed by atoms with van der Waals surface area (Å²) in [5, 5.41) is 7.20. The van der Waals surface area contributed by atoms with Gasteiger partial charge in [0.05, 0.1) is 16.8 Å². The van der Waals surface area contributed by atoms with Gasteiger partial charge in [-0.05, 0) is 70.8 Å². The van der Waals surface area contributed by atoms with E-state index in [4.69, 9.17) is 4.42 Å². The van der Waals surface area contributed by atoms with Gasteiger partial charge in [-0.15, -0.1) is 22.7 Å². The molecule has 0 aliphatic heterocycles. The van der Waals surface area contributed by atoms with Gasteiger partial charge in [0.15, 0.2) is 0 Å². The maximum Gasteiger partial charge on any atom is 0.145 e. The fourth-order valence-electron chi connectivity index (χ4n) is 8.88. The van der Waals surface area contributed by atoms with Gasteiger partial charge >= 0.3 is 0 Å². The lowest BCUT2D eigenvalue weighted by atomic mass is 9.95. The van der Waals surface area contributed by atoms with E-state index in [1.807, 2.05) is 22.7 Å². The Kier molecular flexibility index (Phi) is 7.62. The Bertz CT molecular complexity index is 3510. The Morgan fingerprint density at radius 1 is 0.379 bits per heavy atom. The van der Waals surface area contributed by atoms with Gasteiger partial charge < -0.3 is 9.32 Å². The fraction of sp³-hybridized carbons (Fsp3) is 0. The minimum atomic E-state index is 0.872. The summed E-state index contributed by atoms with van der Waals surface area (Å²) < 4.78 is 12.0. The molecule has 0 aliphatic carbocycles. The number of rotatable bonds is 6. The summed E-state index contributed by atoms with van der Waals surface area (Å²) in [4.78, 5) is 2.54. The summed E-state index contributed by atoms with van der Waals surface area (Å²) in [6, 6.07) is 72.6. The maximum absolute atomic E-state index is 6.92. The van der Waals surface area contributed by atoms with E-state index >= 15 is 0 Å². The average Bonchev–Trinajstić information content (AvgIpc) is 3.99. The number of thiophene rings is 2. The lowest BCUT2D eigenvalue weighted by Crippen LogP contribution is -2.12. The van der Waals surface area contributed by atoms with Crippen molar-refractivity contribution < 1.29 is 4.42 Å². The quantitative estimate of drug-likeness (QED) is 0.167. The second-order valence-corrected chi connectivity index (χ2v) is 16.9. The maximum atomic E-state index is 6.92. The SMILES string of the molecule is c1ccc(-c2ccc3sc4c(-c5ccccc5)cccc4c3c2N(c2ccc3sc4ccccc4c3c2)c2ccc(-c3ccccc3)c3oc4ccccc4c23)cc1. The topological polar surface area (TPSA) is 16.4 Å². The summed E-state index contributed by atoms with van der Waals surface area (Å²) in [7, 11) is 0. The first-order chi connectivity index (χ1) is 28.8. The van der Waals surface area contributed by atoms with E-state index in [0.717, 1.165) is 50.1 Å². The average molecular weight is 776 g/mol. The molecule has 12 rings (SSSR count). The third-order valence-electron chi connectivity index (χ3n) is 11.5. The van der Waals surface area contributed by atoms with E-state index in [2.05, 4.69) is 205 Å². The Hall–Kier alpha value is -6.98. The van der Waals surface area contributed by atoms with Gasteiger partial charge in [0.25, 0.3) is 0 Å². The van der Waals surface area contributed by atoms with Gasteiger partial charge in [0.2, 0.25) is 0 Å². The standard InChI is InChI=1S/C54H33NOS2/c1-4-15-34(16-5-1)38-29-32-49-51(43-24-14-23-40(54(43)58-49)36-19-8-3-9-20-36)52(38)55(37-27-31-48-44(33-37)41-21-11-13-26-47(41)57-48)45-30-28-39(35-17-6-2-7-18-35)53-50(45)42-22-10-12-25-46(42)56-53/h1-33H. The first-order valence-electron chi connectivity index (χ1n) is 19.6. The molecule has 4 heteroatoms. The van der Waals surface area contributed by atoms with Crippen LogP contribution in [0.1, 0.15) is 0 Å². The predicted octanol–water partition coefficient (Wildman–Crippen LogP) is 16.8. The Morgan fingerprint density at radius 2 is 0.983 bits per heavy atom. The lowest BCUT2D eigenvalue weighted by molar-refractivity contribution is 0.670. The Morgan fingerprint density at radius 3 is 1.76 bits per heavy atom. The molecule has 0 radical (unpaired) electrons. The first-order valence-corrected chi connectivity index (χ1v) is 21.2. The van der Waals surface area contributed by atoms with Crippen LogP contribution in [0.15, 0.2) is 205 Å². The number of nitrogens with zero attached hydrogens (tertiary/aromatic N) is 1. The van der Waals surface area contributed by atoms with E-state index in [-0.39, 0.29) is 0 Å². The van der Waals surface area contributed by atoms with Crippen molar-refractivity contribution in [3.8, 4) is 33.4 Å². The van der Waals surface area contributed by atoms with Crippen molar-refractivity contribution in [2.24, 2.45) is 0 Å². The number of hydrogen-bond acceptors (Lipinski definition) is 4. The van der Waals surface area contributed by atoms with Crippen LogP contribution in [0, 0.1) is 0 Å². The molecule has 3 aromatic heterocycles. The van der Waals surface area contributed by atoms with Crippen LogP contribution in [0.3, 0.4) is 0 Å². The van der Waals surface area contributed by atoms with E-state index in [1.165, 1.54) is 62.6 Å². The molecule has 0 unspecified atom stereocenters. The molecule has 0 aliphatic rings. The van der Waals surface area contributed by atoms with Crippen LogP contribution in [-0.4, -0.2) is 0 Å². The molecule has 0 saturated heterocycles. The fourth-order valence-corrected chi connectivity index (χ4v) is 11.2. The smallest absolute Gasteiger partial charge is 0.145 e. The molecule has 58 heavy (non-hydrogen) atoms. The number of hydrogen-bond donors (Lipinski definition) is 0. The number of furan rings is 1. The molecule has 9 aromatic carbocycles. The summed E-state index contributed by atoms with van der Waals surface area (Å²) in [5.74, 6) is 0. The second kappa shape index (κ2) is 13.3. The first kappa shape index (κ1) is 33.2. The molecule has 0 fully saturated rings. The monoisotopic (exact) mass is 775 g/mol. The normalized spacial score (nSPS) is 11.8. The van der Waals surface area contributed by atoms with Crippen molar-refractivity contribution >= 4 is 102 Å². The van der Waals surface area contributed by atoms with Gasteiger partial charge in [-0.2, -0.15) is 0 Å². The van der Waals surface area contributed by atoms with E-state index in [9.17, 15) is 0 Å². The van der Waals surface area contributed by atoms with Crippen LogP contribution in [0.25, 0.3) is 95.7 Å². The van der Waals surface area contributed by atoms with E-state index in [1.54, 1.807) is 0 Å². The third kappa shape index (κ3) is 5.16. The highest BCUT2D eigenvalue weighted by molar-refractivity contribution is 7.26. The van der Waals surface area contributed by atoms with Crippen molar-refractivity contribution in [3.63, 3.8) is 0 Å². The molecular weight excluding hydrogens is 743 g/mol. The van der Waals surface area contributed by atoms with Crippen molar-refractivity contribution in [2.45, 2.75) is 0 Å². The van der Waals surface area contributed by atoms with Crippen molar-refractivity contribution in [3.05, 3.63) is 200 Å². The number of anilines is 3. The lowest BCUT2D eigenvalue weighted by Gasteiger charge is -2.30. The van der Waals surface area contributed by atoms with Crippen molar-refractivity contribution in [2.75, 3.05) is 4.90 Å². The highest BCUT2D eigenvalue weighted by Crippen LogP contribution is 2.54. The van der Waals surface area contributed by atoms with Crippen molar-refractivity contribution in [1.82, 2.24) is 0 Å². The highest BCUT2D eigenvalue weighted by Gasteiger charge is 2.28. The van der Waals surface area contributed by atoms with Crippen LogP contribution in [0.4, 0.5) is 17.1 Å². The molecule has 0 spiro atoms. The van der Waals surface area contributed by atoms with Crippen LogP contribution >= 0.6 is 22.7 Å². The van der Waals surface area contributed by atoms with Crippen LogP contribution in [-0.2, 0) is 0 Å². The number of benzene rings is 9. The summed E-state index contributed by atoms with van der Waals surface area (Å²) in [6.07, 6.45) is 0. The molecule has 0 N–H and O–H groups in total. The molecule has 272 valence electrons. The molecule has 0 saturated carbocycles. The zero-order valence-corrected chi connectivity index (χ0v) is 32.9. The van der Waals surface area contributed by atoms with Gasteiger partial charge in [-0.1, -0.05) is 152 Å². The molecule has 3 heterocycles. The molecule has 0 amide bonds. The number of fused-ring (bicyclic) bond motifs is 9. The van der Waals surface area contributed by atoms with Crippen LogP contribution in [0.2, 0.25) is 0 Å². The zero-order chi connectivity index (χ0) is 38.2. The minimum Gasteiger partial charge on any atom is -0.455 e. The molecular formula is C54H33NOS2. The van der Waals surface area contributed by atoms with E-state index in [0.29, 0.717) is 0 Å². The van der Waals surface area contributed by atoms with Crippen LogP contribution < -0.4 is 4.90 Å². The summed E-state index contributed by atoms with van der Waals surface area (Å²) in [5.41, 5.74) is 12.1. The largest absolute Gasteiger partial charge is 0.455 e. The Balaban J connectivity index is 1.26. The summed E-state index contributed by atoms with van der Waals surface area (Å²) >= 11 is 3.73.